The van der Waals surface area contributed by atoms with Gasteiger partial charge in [0.1, 0.15) is 17.4 Å². The van der Waals surface area contributed by atoms with Gasteiger partial charge >= 0.3 is 0 Å². The van der Waals surface area contributed by atoms with Crippen molar-refractivity contribution in [1.29, 1.82) is 0 Å². The molecule has 0 aliphatic carbocycles. The maximum atomic E-state index is 6.44. The van der Waals surface area contributed by atoms with Gasteiger partial charge in [-0.05, 0) is 49.5 Å². The fourth-order valence-electron chi connectivity index (χ4n) is 2.50. The quantitative estimate of drug-likeness (QED) is 0.690. The maximum Gasteiger partial charge on any atom is 0.134 e. The minimum absolute atomic E-state index is 0.00825. The van der Waals surface area contributed by atoms with Crippen LogP contribution in [0.25, 0.3) is 11.0 Å². The van der Waals surface area contributed by atoms with Gasteiger partial charge in [0.15, 0.2) is 0 Å². The predicted octanol–water partition coefficient (Wildman–Crippen LogP) is 5.46. The van der Waals surface area contributed by atoms with Crippen LogP contribution in [-0.2, 0) is 0 Å². The molecule has 0 aliphatic rings. The molecule has 2 nitrogen and oxygen atoms in total. The molecular weight excluding hydrogens is 302 g/mol. The summed E-state index contributed by atoms with van der Waals surface area (Å²) in [6.45, 7) is 7.07. The molecule has 0 saturated heterocycles. The van der Waals surface area contributed by atoms with Crippen LogP contribution in [0.5, 0.6) is 0 Å². The molecule has 0 radical (unpaired) electrons. The monoisotopic (exact) mass is 319 g/mol. The Hall–Kier alpha value is -1.29. The van der Waals surface area contributed by atoms with Crippen molar-refractivity contribution in [3.63, 3.8) is 0 Å². The number of rotatable bonds is 4. The van der Waals surface area contributed by atoms with E-state index in [1.165, 1.54) is 5.56 Å². The van der Waals surface area contributed by atoms with Gasteiger partial charge in [-0.25, -0.2) is 0 Å². The van der Waals surface area contributed by atoms with Gasteiger partial charge in [0.05, 0.1) is 5.02 Å². The predicted molar refractivity (Wildman–Crippen MR) is 90.5 cm³/mol. The van der Waals surface area contributed by atoms with Gasteiger partial charge < -0.3 is 9.73 Å². The molecule has 0 spiro atoms. The van der Waals surface area contributed by atoms with Gasteiger partial charge in [0.25, 0.3) is 0 Å². The smallest absolute Gasteiger partial charge is 0.134 e. The van der Waals surface area contributed by atoms with E-state index in [0.29, 0.717) is 0 Å². The third kappa shape index (κ3) is 2.73. The zero-order chi connectivity index (χ0) is 15.0. The Labute approximate surface area is 133 Å². The van der Waals surface area contributed by atoms with Crippen LogP contribution in [0.1, 0.15) is 34.7 Å². The first kappa shape index (κ1) is 14.6. The van der Waals surface area contributed by atoms with Crippen LogP contribution in [-0.4, -0.2) is 6.54 Å². The Morgan fingerprint density at radius 1 is 1.29 bits per heavy atom. The highest BCUT2D eigenvalue weighted by atomic mass is 35.5. The van der Waals surface area contributed by atoms with E-state index in [-0.39, 0.29) is 6.04 Å². The van der Waals surface area contributed by atoms with E-state index in [4.69, 9.17) is 16.0 Å². The van der Waals surface area contributed by atoms with Gasteiger partial charge in [-0.3, -0.25) is 0 Å². The van der Waals surface area contributed by atoms with E-state index in [0.717, 1.165) is 38.7 Å². The third-order valence-corrected chi connectivity index (χ3v) is 5.35. The summed E-state index contributed by atoms with van der Waals surface area (Å²) in [6.07, 6.45) is 0. The number of hydrogen-bond donors (Lipinski definition) is 1. The minimum Gasteiger partial charge on any atom is -0.459 e. The Morgan fingerprint density at radius 3 is 2.76 bits per heavy atom. The third-order valence-electron chi connectivity index (χ3n) is 3.57. The van der Waals surface area contributed by atoms with Crippen LogP contribution in [0, 0.1) is 13.8 Å². The topological polar surface area (TPSA) is 25.2 Å². The first-order valence-electron chi connectivity index (χ1n) is 7.07. The Bertz CT molecular complexity index is 774. The highest BCUT2D eigenvalue weighted by Crippen LogP contribution is 2.37. The summed E-state index contributed by atoms with van der Waals surface area (Å²) in [4.78, 5) is 1.12. The lowest BCUT2D eigenvalue weighted by Gasteiger charge is -2.14. The standard InChI is InChI=1S/C17H18ClNOS/c1-4-19-16(17-15(18)11(3)9-21-17)14-8-12-7-10(2)5-6-13(12)20-14/h5-9,16,19H,4H2,1-3H3. The number of fused-ring (bicyclic) bond motifs is 1. The molecule has 0 saturated carbocycles. The summed E-state index contributed by atoms with van der Waals surface area (Å²) in [5.41, 5.74) is 3.27. The second kappa shape index (κ2) is 5.84. The number of halogens is 1. The molecule has 4 heteroatoms. The number of nitrogens with one attached hydrogen (secondary N) is 1. The van der Waals surface area contributed by atoms with Crippen molar-refractivity contribution in [2.75, 3.05) is 6.54 Å². The summed E-state index contributed by atoms with van der Waals surface area (Å²) >= 11 is 8.12. The molecule has 0 aliphatic heterocycles. The molecule has 2 aromatic heterocycles. The van der Waals surface area contributed by atoms with Gasteiger partial charge in [0.2, 0.25) is 0 Å². The average Bonchev–Trinajstić information content (AvgIpc) is 3.01. The summed E-state index contributed by atoms with van der Waals surface area (Å²) < 4.78 is 6.04. The molecule has 1 aromatic carbocycles. The van der Waals surface area contributed by atoms with Crippen LogP contribution in [0.4, 0.5) is 0 Å². The minimum atomic E-state index is 0.00825. The summed E-state index contributed by atoms with van der Waals surface area (Å²) in [5.74, 6) is 0.918. The van der Waals surface area contributed by atoms with Crippen LogP contribution in [0.3, 0.4) is 0 Å². The molecule has 1 atom stereocenters. The average molecular weight is 320 g/mol. The molecule has 1 unspecified atom stereocenters. The van der Waals surface area contributed by atoms with Gasteiger partial charge in [-0.1, -0.05) is 30.2 Å². The molecular formula is C17H18ClNOS. The Balaban J connectivity index is 2.08. The SMILES string of the molecule is CCNC(c1cc2cc(C)ccc2o1)c1scc(C)c1Cl. The zero-order valence-corrected chi connectivity index (χ0v) is 13.9. The lowest BCUT2D eigenvalue weighted by atomic mass is 10.1. The largest absolute Gasteiger partial charge is 0.459 e. The molecule has 2 heterocycles. The van der Waals surface area contributed by atoms with Crippen LogP contribution in [0.2, 0.25) is 5.02 Å². The van der Waals surface area contributed by atoms with E-state index < -0.39 is 0 Å². The van der Waals surface area contributed by atoms with Crippen molar-refractivity contribution in [3.8, 4) is 0 Å². The number of hydrogen-bond acceptors (Lipinski definition) is 3. The van der Waals surface area contributed by atoms with Gasteiger partial charge in [0, 0.05) is 10.3 Å². The van der Waals surface area contributed by atoms with Crippen molar-refractivity contribution in [2.24, 2.45) is 0 Å². The van der Waals surface area contributed by atoms with Crippen molar-refractivity contribution in [2.45, 2.75) is 26.8 Å². The van der Waals surface area contributed by atoms with Crippen LogP contribution >= 0.6 is 22.9 Å². The first-order chi connectivity index (χ1) is 10.1. The zero-order valence-electron chi connectivity index (χ0n) is 12.4. The molecule has 3 rings (SSSR count). The normalized spacial score (nSPS) is 13.0. The van der Waals surface area contributed by atoms with E-state index in [1.54, 1.807) is 11.3 Å². The Kier molecular flexibility index (Phi) is 4.07. The van der Waals surface area contributed by atoms with Crippen LogP contribution in [0.15, 0.2) is 34.1 Å². The molecule has 110 valence electrons. The summed E-state index contributed by atoms with van der Waals surface area (Å²) in [6, 6.07) is 8.36. The lowest BCUT2D eigenvalue weighted by Crippen LogP contribution is -2.20. The summed E-state index contributed by atoms with van der Waals surface area (Å²) in [7, 11) is 0. The molecule has 1 N–H and O–H groups in total. The lowest BCUT2D eigenvalue weighted by molar-refractivity contribution is 0.481. The number of thiophene rings is 1. The van der Waals surface area contributed by atoms with Gasteiger partial charge in [-0.15, -0.1) is 11.3 Å². The van der Waals surface area contributed by atoms with Crippen molar-refractivity contribution in [3.05, 3.63) is 56.4 Å². The number of aryl methyl sites for hydroxylation is 2. The fraction of sp³-hybridized carbons (Fsp3) is 0.294. The van der Waals surface area contributed by atoms with E-state index in [1.807, 2.05) is 13.0 Å². The van der Waals surface area contributed by atoms with E-state index >= 15 is 0 Å². The number of benzene rings is 1. The molecule has 0 amide bonds. The maximum absolute atomic E-state index is 6.44. The Morgan fingerprint density at radius 2 is 2.10 bits per heavy atom. The van der Waals surface area contributed by atoms with Crippen molar-refractivity contribution < 1.29 is 4.42 Å². The van der Waals surface area contributed by atoms with Crippen LogP contribution < -0.4 is 5.32 Å². The molecule has 21 heavy (non-hydrogen) atoms. The van der Waals surface area contributed by atoms with E-state index in [9.17, 15) is 0 Å². The highest BCUT2D eigenvalue weighted by Gasteiger charge is 2.22. The first-order valence-corrected chi connectivity index (χ1v) is 8.33. The highest BCUT2D eigenvalue weighted by molar-refractivity contribution is 7.10. The summed E-state index contributed by atoms with van der Waals surface area (Å²) in [5, 5.41) is 7.54. The number of furan rings is 1. The second-order valence-corrected chi connectivity index (χ2v) is 6.57. The molecule has 0 fully saturated rings. The second-order valence-electron chi connectivity index (χ2n) is 5.28. The molecule has 0 bridgehead atoms. The fourth-order valence-corrected chi connectivity index (χ4v) is 3.88. The van der Waals surface area contributed by atoms with Crippen molar-refractivity contribution in [1.82, 2.24) is 5.32 Å². The molecule has 3 aromatic rings. The van der Waals surface area contributed by atoms with Gasteiger partial charge in [-0.2, -0.15) is 0 Å². The van der Waals surface area contributed by atoms with E-state index in [2.05, 4.69) is 42.7 Å². The van der Waals surface area contributed by atoms with Crippen molar-refractivity contribution >= 4 is 33.9 Å².